The first kappa shape index (κ1) is 17.1. The van der Waals surface area contributed by atoms with E-state index in [1.54, 1.807) is 18.6 Å². The number of hydrogen-bond acceptors (Lipinski definition) is 6. The van der Waals surface area contributed by atoms with E-state index in [-0.39, 0.29) is 0 Å². The van der Waals surface area contributed by atoms with Crippen LogP contribution in [0.15, 0.2) is 49.3 Å². The van der Waals surface area contributed by atoms with Crippen LogP contribution in [0, 0.1) is 0 Å². The van der Waals surface area contributed by atoms with Gasteiger partial charge >= 0.3 is 0 Å². The molecule has 1 saturated heterocycles. The van der Waals surface area contributed by atoms with Crippen LogP contribution < -0.4 is 4.90 Å². The highest BCUT2D eigenvalue weighted by atomic mass is 15.1. The first-order chi connectivity index (χ1) is 14.9. The van der Waals surface area contributed by atoms with Gasteiger partial charge in [-0.2, -0.15) is 5.10 Å². The minimum absolute atomic E-state index is 0.814. The Hall–Kier alpha value is -3.81. The molecule has 30 heavy (non-hydrogen) atoms. The maximum absolute atomic E-state index is 4.57. The summed E-state index contributed by atoms with van der Waals surface area (Å²) in [5.74, 6) is 0. The van der Waals surface area contributed by atoms with Crippen LogP contribution in [0.5, 0.6) is 0 Å². The SMILES string of the molecule is c1ncc(-c2cc3c(-c4cc5c(N6CCCCC6)ccnc5[nH]4)n[nH]c3cn2)cn1. The van der Waals surface area contributed by atoms with Gasteiger partial charge in [0.25, 0.3) is 0 Å². The number of fused-ring (bicyclic) bond motifs is 2. The van der Waals surface area contributed by atoms with Crippen LogP contribution in [0.3, 0.4) is 0 Å². The topological polar surface area (TPSA) is 99.3 Å². The number of aromatic nitrogens is 7. The molecule has 6 rings (SSSR count). The molecule has 0 radical (unpaired) electrons. The summed E-state index contributed by atoms with van der Waals surface area (Å²) in [6.45, 7) is 2.19. The molecule has 1 fully saturated rings. The van der Waals surface area contributed by atoms with E-state index in [2.05, 4.69) is 52.1 Å². The summed E-state index contributed by atoms with van der Waals surface area (Å²) < 4.78 is 0. The van der Waals surface area contributed by atoms with Crippen molar-refractivity contribution in [2.24, 2.45) is 0 Å². The van der Waals surface area contributed by atoms with Crippen molar-refractivity contribution in [2.75, 3.05) is 18.0 Å². The van der Waals surface area contributed by atoms with Crippen molar-refractivity contribution < 1.29 is 0 Å². The molecule has 8 nitrogen and oxygen atoms in total. The number of pyridine rings is 2. The predicted molar refractivity (Wildman–Crippen MR) is 116 cm³/mol. The number of H-pyrrole nitrogens is 2. The van der Waals surface area contributed by atoms with E-state index in [4.69, 9.17) is 0 Å². The van der Waals surface area contributed by atoms with Crippen molar-refractivity contribution >= 4 is 27.6 Å². The van der Waals surface area contributed by atoms with Crippen molar-refractivity contribution in [1.82, 2.24) is 35.1 Å². The highest BCUT2D eigenvalue weighted by Gasteiger charge is 2.18. The molecule has 0 spiro atoms. The van der Waals surface area contributed by atoms with Crippen molar-refractivity contribution in [3.05, 3.63) is 49.3 Å². The quantitative estimate of drug-likeness (QED) is 0.479. The lowest BCUT2D eigenvalue weighted by atomic mass is 10.1. The summed E-state index contributed by atoms with van der Waals surface area (Å²) in [5, 5.41) is 9.79. The van der Waals surface area contributed by atoms with Crippen molar-refractivity contribution in [2.45, 2.75) is 19.3 Å². The van der Waals surface area contributed by atoms with Gasteiger partial charge < -0.3 is 9.88 Å². The van der Waals surface area contributed by atoms with Gasteiger partial charge in [0, 0.05) is 53.7 Å². The molecule has 5 aromatic heterocycles. The molecule has 0 unspecified atom stereocenters. The Morgan fingerprint density at radius 1 is 0.900 bits per heavy atom. The lowest BCUT2D eigenvalue weighted by Gasteiger charge is -2.29. The van der Waals surface area contributed by atoms with E-state index in [0.717, 1.165) is 57.7 Å². The third-order valence-electron chi connectivity index (χ3n) is 5.76. The minimum Gasteiger partial charge on any atom is -0.371 e. The Bertz CT molecular complexity index is 1330. The fraction of sp³-hybridized carbons (Fsp3) is 0.227. The fourth-order valence-electron chi connectivity index (χ4n) is 4.26. The average Bonchev–Trinajstić information content (AvgIpc) is 3.43. The van der Waals surface area contributed by atoms with Gasteiger partial charge in [-0.05, 0) is 37.5 Å². The predicted octanol–water partition coefficient (Wildman–Crippen LogP) is 3.95. The number of hydrogen-bond donors (Lipinski definition) is 2. The minimum atomic E-state index is 0.814. The first-order valence-electron chi connectivity index (χ1n) is 10.2. The van der Waals surface area contributed by atoms with E-state index < -0.39 is 0 Å². The van der Waals surface area contributed by atoms with Crippen LogP contribution in [0.4, 0.5) is 5.69 Å². The normalized spacial score (nSPS) is 14.6. The van der Waals surface area contributed by atoms with Crippen LogP contribution >= 0.6 is 0 Å². The molecule has 5 aromatic rings. The zero-order valence-electron chi connectivity index (χ0n) is 16.3. The summed E-state index contributed by atoms with van der Waals surface area (Å²) in [4.78, 5) is 23.2. The van der Waals surface area contributed by atoms with Gasteiger partial charge in [-0.25, -0.2) is 15.0 Å². The fourth-order valence-corrected chi connectivity index (χ4v) is 4.26. The molecular weight excluding hydrogens is 376 g/mol. The van der Waals surface area contributed by atoms with Crippen LogP contribution in [0.2, 0.25) is 0 Å². The molecule has 0 aromatic carbocycles. The van der Waals surface area contributed by atoms with Gasteiger partial charge in [0.2, 0.25) is 0 Å². The van der Waals surface area contributed by atoms with Gasteiger partial charge in [0.05, 0.1) is 23.1 Å². The number of piperidine rings is 1. The van der Waals surface area contributed by atoms with E-state index in [0.29, 0.717) is 0 Å². The Morgan fingerprint density at radius 2 is 1.77 bits per heavy atom. The second-order valence-electron chi connectivity index (χ2n) is 7.64. The Labute approximate surface area is 172 Å². The molecule has 1 aliphatic rings. The number of nitrogens with one attached hydrogen (secondary N) is 2. The smallest absolute Gasteiger partial charge is 0.139 e. The lowest BCUT2D eigenvalue weighted by molar-refractivity contribution is 0.579. The van der Waals surface area contributed by atoms with Crippen LogP contribution in [0.25, 0.3) is 44.6 Å². The number of rotatable bonds is 3. The highest BCUT2D eigenvalue weighted by molar-refractivity contribution is 5.99. The van der Waals surface area contributed by atoms with Crippen molar-refractivity contribution in [3.63, 3.8) is 0 Å². The first-order valence-corrected chi connectivity index (χ1v) is 10.2. The highest BCUT2D eigenvalue weighted by Crippen LogP contribution is 2.34. The third kappa shape index (κ3) is 2.80. The molecule has 6 heterocycles. The van der Waals surface area contributed by atoms with Crippen molar-refractivity contribution in [1.29, 1.82) is 0 Å². The van der Waals surface area contributed by atoms with E-state index in [1.165, 1.54) is 31.3 Å². The molecule has 2 N–H and O–H groups in total. The monoisotopic (exact) mass is 396 g/mol. The van der Waals surface area contributed by atoms with Gasteiger partial charge in [-0.3, -0.25) is 10.1 Å². The number of aromatic amines is 2. The van der Waals surface area contributed by atoms with Crippen LogP contribution in [-0.2, 0) is 0 Å². The van der Waals surface area contributed by atoms with Crippen LogP contribution in [-0.4, -0.2) is 48.2 Å². The third-order valence-corrected chi connectivity index (χ3v) is 5.76. The molecule has 0 bridgehead atoms. The maximum atomic E-state index is 4.57. The lowest BCUT2D eigenvalue weighted by Crippen LogP contribution is -2.29. The largest absolute Gasteiger partial charge is 0.371 e. The summed E-state index contributed by atoms with van der Waals surface area (Å²) in [6.07, 6.45) is 12.5. The zero-order chi connectivity index (χ0) is 19.9. The van der Waals surface area contributed by atoms with Gasteiger partial charge in [-0.15, -0.1) is 0 Å². The molecule has 0 aliphatic carbocycles. The van der Waals surface area contributed by atoms with Crippen LogP contribution in [0.1, 0.15) is 19.3 Å². The summed E-state index contributed by atoms with van der Waals surface area (Å²) in [5.41, 5.74) is 6.49. The maximum Gasteiger partial charge on any atom is 0.139 e. The molecule has 0 amide bonds. The molecule has 8 heteroatoms. The summed E-state index contributed by atoms with van der Waals surface area (Å²) in [6, 6.07) is 6.30. The summed E-state index contributed by atoms with van der Waals surface area (Å²) in [7, 11) is 0. The summed E-state index contributed by atoms with van der Waals surface area (Å²) >= 11 is 0. The number of anilines is 1. The average molecular weight is 396 g/mol. The number of nitrogens with zero attached hydrogens (tertiary/aromatic N) is 6. The second-order valence-corrected chi connectivity index (χ2v) is 7.64. The van der Waals surface area contributed by atoms with Gasteiger partial charge in [0.1, 0.15) is 17.7 Å². The Balaban J connectivity index is 1.47. The molecular formula is C22H20N8. The van der Waals surface area contributed by atoms with Crippen molar-refractivity contribution in [3.8, 4) is 22.6 Å². The molecule has 148 valence electrons. The molecule has 1 aliphatic heterocycles. The van der Waals surface area contributed by atoms with Gasteiger partial charge in [0.15, 0.2) is 0 Å². The molecule has 0 saturated carbocycles. The standard InChI is InChI=1S/C22H20N8/c1-2-6-30(7-3-1)20-4-5-25-22-16(20)9-18(27-22)21-15-8-17(14-10-23-13-24-11-14)26-12-19(15)28-29-21/h4-5,8-13H,1-3,6-7H2,(H,25,27)(H,28,29). The van der Waals surface area contributed by atoms with Gasteiger partial charge in [-0.1, -0.05) is 0 Å². The Kier molecular flexibility index (Phi) is 3.93. The van der Waals surface area contributed by atoms with E-state index >= 15 is 0 Å². The Morgan fingerprint density at radius 3 is 2.63 bits per heavy atom. The van der Waals surface area contributed by atoms with E-state index in [1.807, 2.05) is 12.3 Å². The molecule has 0 atom stereocenters. The second kappa shape index (κ2) is 6.91. The zero-order valence-corrected chi connectivity index (χ0v) is 16.3. The van der Waals surface area contributed by atoms with E-state index in [9.17, 15) is 0 Å².